The van der Waals surface area contributed by atoms with Crippen LogP contribution in [0.25, 0.3) is 16.4 Å². The van der Waals surface area contributed by atoms with Crippen molar-refractivity contribution in [2.24, 2.45) is 5.92 Å². The third-order valence-corrected chi connectivity index (χ3v) is 9.02. The zero-order valence-electron chi connectivity index (χ0n) is 23.6. The van der Waals surface area contributed by atoms with Crippen LogP contribution in [-0.2, 0) is 17.6 Å². The number of carbonyl (C=O) groups excluding carboxylic acids is 1. The monoisotopic (exact) mass is 626 g/mol. The predicted octanol–water partition coefficient (Wildman–Crippen LogP) is 5.69. The number of aliphatic hydroxyl groups excluding tert-OH is 1. The summed E-state index contributed by atoms with van der Waals surface area (Å²) < 4.78 is 47.9. The van der Waals surface area contributed by atoms with Crippen LogP contribution in [0.5, 0.6) is 5.75 Å². The summed E-state index contributed by atoms with van der Waals surface area (Å²) in [6.45, 7) is 3.05. The number of pyridine rings is 1. The minimum atomic E-state index is -4.96. The summed E-state index contributed by atoms with van der Waals surface area (Å²) in [5.41, 5.74) is -0.212. The number of amides is 1. The van der Waals surface area contributed by atoms with Gasteiger partial charge in [-0.3, -0.25) is 4.79 Å². The largest absolute Gasteiger partial charge is 0.489 e. The third-order valence-electron chi connectivity index (χ3n) is 7.91. The second-order valence-corrected chi connectivity index (χ2v) is 12.3. The first-order valence-corrected chi connectivity index (χ1v) is 15.0. The highest BCUT2D eigenvalue weighted by Gasteiger charge is 2.41. The van der Waals surface area contributed by atoms with Crippen molar-refractivity contribution in [1.82, 2.24) is 19.7 Å². The minimum Gasteiger partial charge on any atom is -0.489 e. The maximum absolute atomic E-state index is 13.8. The summed E-state index contributed by atoms with van der Waals surface area (Å²) in [7, 11) is 0. The fourth-order valence-corrected chi connectivity index (χ4v) is 6.58. The standard InChI is InChI=1S/C31H29F3N4O5S/c1-17-13-20(16-43-21-9-7-18(8-10-21)22-11-12-37(15-25(22)39)29(40)19-5-6-19)27(44-17)24-3-2-4-26(36-24)38-28(31(32,33)34)23(14-35-38)30(41)42/h2-4,7-10,13-14,19,22,25,39H,5-6,11-12,15-16H2,1H3,(H,41,42)/t22-,25+/m1/s1. The van der Waals surface area contributed by atoms with Crippen LogP contribution in [0.4, 0.5) is 13.2 Å². The maximum Gasteiger partial charge on any atom is 0.434 e. The van der Waals surface area contributed by atoms with Gasteiger partial charge in [-0.05, 0) is 62.1 Å². The van der Waals surface area contributed by atoms with Crippen molar-refractivity contribution in [1.29, 1.82) is 0 Å². The second-order valence-electron chi connectivity index (χ2n) is 11.1. The van der Waals surface area contributed by atoms with E-state index in [0.29, 0.717) is 46.7 Å². The van der Waals surface area contributed by atoms with Gasteiger partial charge in [0.1, 0.15) is 17.9 Å². The summed E-state index contributed by atoms with van der Waals surface area (Å²) in [6.07, 6.45) is -2.36. The van der Waals surface area contributed by atoms with Crippen molar-refractivity contribution >= 4 is 23.2 Å². The number of carbonyl (C=O) groups is 2. The molecule has 1 amide bonds. The number of hydrogen-bond donors (Lipinski definition) is 2. The molecule has 0 bridgehead atoms. The van der Waals surface area contributed by atoms with Crippen LogP contribution in [0.1, 0.15) is 57.2 Å². The zero-order chi connectivity index (χ0) is 31.2. The first-order chi connectivity index (χ1) is 21.0. The van der Waals surface area contributed by atoms with Gasteiger partial charge in [-0.15, -0.1) is 11.3 Å². The Bertz CT molecular complexity index is 1700. The average Bonchev–Trinajstić information content (AvgIpc) is 3.61. The number of ether oxygens (including phenoxy) is 1. The van der Waals surface area contributed by atoms with E-state index >= 15 is 0 Å². The molecule has 1 saturated heterocycles. The molecule has 0 unspecified atom stereocenters. The van der Waals surface area contributed by atoms with Crippen molar-refractivity contribution in [3.8, 4) is 22.1 Å². The molecule has 44 heavy (non-hydrogen) atoms. The lowest BCUT2D eigenvalue weighted by Gasteiger charge is -2.36. The van der Waals surface area contributed by atoms with Gasteiger partial charge in [-0.1, -0.05) is 18.2 Å². The Morgan fingerprint density at radius 1 is 1.11 bits per heavy atom. The minimum absolute atomic E-state index is 0.0731. The molecular formula is C31H29F3N4O5S. The molecule has 0 radical (unpaired) electrons. The summed E-state index contributed by atoms with van der Waals surface area (Å²) in [5.74, 6) is -1.09. The number of halogens is 3. The van der Waals surface area contributed by atoms with Gasteiger partial charge in [-0.25, -0.2) is 14.5 Å². The van der Waals surface area contributed by atoms with Crippen LogP contribution in [-0.4, -0.2) is 60.9 Å². The summed E-state index contributed by atoms with van der Waals surface area (Å²) in [4.78, 5) is 31.6. The lowest BCUT2D eigenvalue weighted by Crippen LogP contribution is -2.46. The molecule has 1 aliphatic heterocycles. The van der Waals surface area contributed by atoms with E-state index < -0.39 is 29.5 Å². The van der Waals surface area contributed by atoms with E-state index in [1.165, 1.54) is 17.4 Å². The van der Waals surface area contributed by atoms with E-state index in [4.69, 9.17) is 4.74 Å². The van der Waals surface area contributed by atoms with Crippen molar-refractivity contribution < 1.29 is 37.7 Å². The fraction of sp³-hybridized carbons (Fsp3) is 0.355. The zero-order valence-corrected chi connectivity index (χ0v) is 24.4. The molecule has 3 aromatic heterocycles. The van der Waals surface area contributed by atoms with Gasteiger partial charge in [0.25, 0.3) is 0 Å². The number of β-amino-alcohol motifs (C(OH)–C–C–N with tert-alkyl or cyclic N) is 1. The highest BCUT2D eigenvalue weighted by Crippen LogP contribution is 2.37. The molecule has 230 valence electrons. The normalized spacial score (nSPS) is 18.8. The Morgan fingerprint density at radius 2 is 1.86 bits per heavy atom. The maximum atomic E-state index is 13.8. The first kappa shape index (κ1) is 29.8. The SMILES string of the molecule is Cc1cc(COc2ccc([C@H]3CCN(C(=O)C4CC4)C[C@@H]3O)cc2)c(-c2cccc(-n3ncc(C(=O)O)c3C(F)(F)F)n2)s1. The quantitative estimate of drug-likeness (QED) is 0.258. The Morgan fingerprint density at radius 3 is 2.52 bits per heavy atom. The van der Waals surface area contributed by atoms with Gasteiger partial charge in [-0.2, -0.15) is 18.3 Å². The van der Waals surface area contributed by atoms with Crippen molar-refractivity contribution in [3.63, 3.8) is 0 Å². The third kappa shape index (κ3) is 6.06. The number of aromatic nitrogens is 3. The molecule has 2 atom stereocenters. The number of carboxylic acid groups (broad SMARTS) is 1. The second kappa shape index (κ2) is 11.7. The molecular weight excluding hydrogens is 597 g/mol. The molecule has 9 nitrogen and oxygen atoms in total. The molecule has 4 aromatic rings. The van der Waals surface area contributed by atoms with Crippen molar-refractivity contribution in [3.05, 3.63) is 82.0 Å². The molecule has 2 N–H and O–H groups in total. The van der Waals surface area contributed by atoms with E-state index in [-0.39, 0.29) is 30.2 Å². The number of aryl methyl sites for hydroxylation is 1. The molecule has 6 rings (SSSR count). The number of aromatic carboxylic acids is 1. The molecule has 2 aliphatic rings. The first-order valence-electron chi connectivity index (χ1n) is 14.1. The van der Waals surface area contributed by atoms with Crippen LogP contribution in [0.2, 0.25) is 0 Å². The molecule has 1 saturated carbocycles. The summed E-state index contributed by atoms with van der Waals surface area (Å²) >= 11 is 1.41. The number of rotatable bonds is 8. The smallest absolute Gasteiger partial charge is 0.434 e. The Kier molecular flexibility index (Phi) is 7.93. The highest BCUT2D eigenvalue weighted by atomic mass is 32.1. The topological polar surface area (TPSA) is 118 Å². The van der Waals surface area contributed by atoms with E-state index in [2.05, 4.69) is 10.1 Å². The molecule has 1 aliphatic carbocycles. The molecule has 2 fully saturated rings. The van der Waals surface area contributed by atoms with Crippen LogP contribution in [0.15, 0.2) is 54.7 Å². The predicted molar refractivity (Wildman–Crippen MR) is 155 cm³/mol. The van der Waals surface area contributed by atoms with Crippen LogP contribution >= 0.6 is 11.3 Å². The number of alkyl halides is 3. The van der Waals surface area contributed by atoms with Gasteiger partial charge >= 0.3 is 12.1 Å². The Labute approximate surface area is 254 Å². The number of nitrogens with zero attached hydrogens (tertiary/aromatic N) is 4. The van der Waals surface area contributed by atoms with Crippen LogP contribution in [0, 0.1) is 12.8 Å². The molecule has 4 heterocycles. The Hall–Kier alpha value is -4.23. The van der Waals surface area contributed by atoms with Crippen LogP contribution in [0.3, 0.4) is 0 Å². The van der Waals surface area contributed by atoms with Gasteiger partial charge in [0.05, 0.1) is 22.9 Å². The van der Waals surface area contributed by atoms with Crippen molar-refractivity contribution in [2.45, 2.75) is 51.0 Å². The number of piperidine rings is 1. The highest BCUT2D eigenvalue weighted by molar-refractivity contribution is 7.15. The van der Waals surface area contributed by atoms with Gasteiger partial charge in [0.15, 0.2) is 11.5 Å². The molecule has 1 aromatic carbocycles. The lowest BCUT2D eigenvalue weighted by atomic mass is 9.87. The van der Waals surface area contributed by atoms with E-state index in [9.17, 15) is 33.0 Å². The number of likely N-dealkylation sites (tertiary alicyclic amines) is 1. The Balaban J connectivity index is 1.16. The summed E-state index contributed by atoms with van der Waals surface area (Å²) in [6, 6.07) is 14.0. The van der Waals surface area contributed by atoms with E-state index in [1.54, 1.807) is 17.0 Å². The number of carboxylic acids is 1. The summed E-state index contributed by atoms with van der Waals surface area (Å²) in [5, 5.41) is 23.7. The van der Waals surface area contributed by atoms with Crippen LogP contribution < -0.4 is 4.74 Å². The number of aliphatic hydroxyl groups is 1. The van der Waals surface area contributed by atoms with Gasteiger partial charge < -0.3 is 19.8 Å². The van der Waals surface area contributed by atoms with Gasteiger partial charge in [0.2, 0.25) is 5.91 Å². The average molecular weight is 627 g/mol. The lowest BCUT2D eigenvalue weighted by molar-refractivity contribution is -0.143. The van der Waals surface area contributed by atoms with Gasteiger partial charge in [0, 0.05) is 35.4 Å². The van der Waals surface area contributed by atoms with E-state index in [0.717, 1.165) is 28.8 Å². The fourth-order valence-electron chi connectivity index (χ4n) is 5.59. The van der Waals surface area contributed by atoms with E-state index in [1.807, 2.05) is 37.3 Å². The molecule has 0 spiro atoms. The number of benzene rings is 1. The number of hydrogen-bond acceptors (Lipinski definition) is 7. The number of thiophene rings is 1. The molecule has 13 heteroatoms. The van der Waals surface area contributed by atoms with Crippen molar-refractivity contribution in [2.75, 3.05) is 13.1 Å².